The van der Waals surface area contributed by atoms with E-state index < -0.39 is 0 Å². The van der Waals surface area contributed by atoms with Crippen LogP contribution in [0.4, 0.5) is 0 Å². The van der Waals surface area contributed by atoms with E-state index in [2.05, 4.69) is 37.4 Å². The zero-order valence-electron chi connectivity index (χ0n) is 9.75. The molecule has 1 aromatic carbocycles. The lowest BCUT2D eigenvalue weighted by Gasteiger charge is -2.07. The highest BCUT2D eigenvalue weighted by Crippen LogP contribution is 2.13. The highest BCUT2D eigenvalue weighted by atomic mass is 16.5. The fourth-order valence-corrected chi connectivity index (χ4v) is 1.42. The fourth-order valence-electron chi connectivity index (χ4n) is 1.42. The molecule has 0 aliphatic heterocycles. The summed E-state index contributed by atoms with van der Waals surface area (Å²) in [4.78, 5) is 0. The lowest BCUT2D eigenvalue weighted by molar-refractivity contribution is 0.317. The van der Waals surface area contributed by atoms with Crippen LogP contribution in [0, 0.1) is 0 Å². The molecule has 0 fully saturated rings. The topological polar surface area (TPSA) is 21.3 Å². The van der Waals surface area contributed by atoms with Crippen molar-refractivity contribution in [2.45, 2.75) is 26.7 Å². The molecule has 0 aromatic heterocycles. The summed E-state index contributed by atoms with van der Waals surface area (Å²) in [5.74, 6) is 0.992. The summed E-state index contributed by atoms with van der Waals surface area (Å²) in [7, 11) is 0. The van der Waals surface area contributed by atoms with Crippen LogP contribution in [0.25, 0.3) is 0 Å². The Morgan fingerprint density at radius 3 is 2.87 bits per heavy atom. The number of nitrogens with one attached hydrogen (secondary N) is 1. The van der Waals surface area contributed by atoms with Crippen LogP contribution in [-0.2, 0) is 6.42 Å². The van der Waals surface area contributed by atoms with E-state index in [9.17, 15) is 0 Å². The lowest BCUT2D eigenvalue weighted by Crippen LogP contribution is -2.16. The van der Waals surface area contributed by atoms with Crippen LogP contribution < -0.4 is 10.1 Å². The van der Waals surface area contributed by atoms with Gasteiger partial charge in [-0.25, -0.2) is 0 Å². The molecule has 2 nitrogen and oxygen atoms in total. The van der Waals surface area contributed by atoms with Crippen molar-refractivity contribution in [3.8, 4) is 5.75 Å². The maximum atomic E-state index is 5.58. The van der Waals surface area contributed by atoms with Crippen LogP contribution >= 0.6 is 0 Å². The van der Waals surface area contributed by atoms with Gasteiger partial charge >= 0.3 is 0 Å². The van der Waals surface area contributed by atoms with Crippen LogP contribution in [0.2, 0.25) is 0 Å². The first-order chi connectivity index (χ1) is 7.36. The minimum absolute atomic E-state index is 0.802. The van der Waals surface area contributed by atoms with E-state index in [1.165, 1.54) is 5.56 Å². The molecular formula is C13H21NO. The van der Waals surface area contributed by atoms with Crippen molar-refractivity contribution in [2.75, 3.05) is 19.7 Å². The van der Waals surface area contributed by atoms with Crippen molar-refractivity contribution >= 4 is 0 Å². The average molecular weight is 207 g/mol. The van der Waals surface area contributed by atoms with Crippen LogP contribution in [-0.4, -0.2) is 19.7 Å². The molecule has 1 aromatic rings. The van der Waals surface area contributed by atoms with Gasteiger partial charge in [-0.05, 0) is 43.6 Å². The second kappa shape index (κ2) is 7.30. The Kier molecular flexibility index (Phi) is 5.86. The SMILES string of the molecule is CCCOc1cccc(CCNCC)c1. The Balaban J connectivity index is 2.42. The molecule has 0 spiro atoms. The summed E-state index contributed by atoms with van der Waals surface area (Å²) in [6, 6.07) is 8.36. The third kappa shape index (κ3) is 4.84. The lowest BCUT2D eigenvalue weighted by atomic mass is 10.1. The molecule has 0 bridgehead atoms. The minimum atomic E-state index is 0.802. The molecule has 84 valence electrons. The molecule has 1 rings (SSSR count). The van der Waals surface area contributed by atoms with E-state index in [0.717, 1.165) is 38.3 Å². The van der Waals surface area contributed by atoms with E-state index >= 15 is 0 Å². The maximum absolute atomic E-state index is 5.58. The van der Waals surface area contributed by atoms with Gasteiger partial charge in [-0.1, -0.05) is 26.0 Å². The number of hydrogen-bond donors (Lipinski definition) is 1. The zero-order valence-corrected chi connectivity index (χ0v) is 9.75. The van der Waals surface area contributed by atoms with Gasteiger partial charge in [0.15, 0.2) is 0 Å². The summed E-state index contributed by atoms with van der Waals surface area (Å²) < 4.78 is 5.58. The standard InChI is InChI=1S/C13H21NO/c1-3-10-15-13-7-5-6-12(11-13)8-9-14-4-2/h5-7,11,14H,3-4,8-10H2,1-2H3. The summed E-state index contributed by atoms with van der Waals surface area (Å²) >= 11 is 0. The molecule has 0 atom stereocenters. The highest BCUT2D eigenvalue weighted by molar-refractivity contribution is 5.28. The Morgan fingerprint density at radius 2 is 2.13 bits per heavy atom. The van der Waals surface area contributed by atoms with E-state index in [0.29, 0.717) is 0 Å². The molecule has 0 radical (unpaired) electrons. The van der Waals surface area contributed by atoms with Gasteiger partial charge in [0.05, 0.1) is 6.61 Å². The monoisotopic (exact) mass is 207 g/mol. The molecule has 2 heteroatoms. The number of rotatable bonds is 7. The molecule has 0 aliphatic carbocycles. The zero-order chi connectivity index (χ0) is 10.9. The van der Waals surface area contributed by atoms with Crippen molar-refractivity contribution < 1.29 is 4.74 Å². The van der Waals surface area contributed by atoms with Gasteiger partial charge in [-0.15, -0.1) is 0 Å². The number of hydrogen-bond acceptors (Lipinski definition) is 2. The average Bonchev–Trinajstić information content (AvgIpc) is 2.27. The first-order valence-electron chi connectivity index (χ1n) is 5.79. The highest BCUT2D eigenvalue weighted by Gasteiger charge is 1.96. The molecule has 0 heterocycles. The Bertz CT molecular complexity index is 273. The van der Waals surface area contributed by atoms with Gasteiger partial charge in [-0.2, -0.15) is 0 Å². The fraction of sp³-hybridized carbons (Fsp3) is 0.538. The van der Waals surface area contributed by atoms with E-state index in [1.807, 2.05) is 6.07 Å². The molecular weight excluding hydrogens is 186 g/mol. The third-order valence-electron chi connectivity index (χ3n) is 2.21. The molecule has 1 N–H and O–H groups in total. The maximum Gasteiger partial charge on any atom is 0.119 e. The van der Waals surface area contributed by atoms with Gasteiger partial charge in [-0.3, -0.25) is 0 Å². The predicted octanol–water partition coefficient (Wildman–Crippen LogP) is 2.63. The van der Waals surface area contributed by atoms with Crippen molar-refractivity contribution in [3.05, 3.63) is 29.8 Å². The summed E-state index contributed by atoms with van der Waals surface area (Å²) in [5, 5.41) is 3.32. The first kappa shape index (κ1) is 12.1. The van der Waals surface area contributed by atoms with Gasteiger partial charge in [0.25, 0.3) is 0 Å². The summed E-state index contributed by atoms with van der Waals surface area (Å²) in [6.07, 6.45) is 2.12. The van der Waals surface area contributed by atoms with Gasteiger partial charge in [0.1, 0.15) is 5.75 Å². The quantitative estimate of drug-likeness (QED) is 0.694. The summed E-state index contributed by atoms with van der Waals surface area (Å²) in [6.45, 7) is 7.12. The minimum Gasteiger partial charge on any atom is -0.494 e. The van der Waals surface area contributed by atoms with Crippen LogP contribution in [0.15, 0.2) is 24.3 Å². The van der Waals surface area contributed by atoms with Crippen molar-refractivity contribution in [1.82, 2.24) is 5.32 Å². The van der Waals surface area contributed by atoms with Crippen LogP contribution in [0.5, 0.6) is 5.75 Å². The van der Waals surface area contributed by atoms with Crippen LogP contribution in [0.1, 0.15) is 25.8 Å². The second-order valence-corrected chi connectivity index (χ2v) is 3.60. The molecule has 15 heavy (non-hydrogen) atoms. The molecule has 0 unspecified atom stereocenters. The largest absolute Gasteiger partial charge is 0.494 e. The normalized spacial score (nSPS) is 10.3. The Hall–Kier alpha value is -1.02. The van der Waals surface area contributed by atoms with E-state index in [-0.39, 0.29) is 0 Å². The third-order valence-corrected chi connectivity index (χ3v) is 2.21. The van der Waals surface area contributed by atoms with Crippen molar-refractivity contribution in [3.63, 3.8) is 0 Å². The summed E-state index contributed by atoms with van der Waals surface area (Å²) in [5.41, 5.74) is 1.34. The van der Waals surface area contributed by atoms with Crippen LogP contribution in [0.3, 0.4) is 0 Å². The second-order valence-electron chi connectivity index (χ2n) is 3.60. The molecule has 0 saturated carbocycles. The Morgan fingerprint density at radius 1 is 1.27 bits per heavy atom. The molecule has 0 saturated heterocycles. The number of ether oxygens (including phenoxy) is 1. The Labute approximate surface area is 92.6 Å². The predicted molar refractivity (Wildman–Crippen MR) is 64.5 cm³/mol. The van der Waals surface area contributed by atoms with Crippen molar-refractivity contribution in [2.24, 2.45) is 0 Å². The number of benzene rings is 1. The van der Waals surface area contributed by atoms with E-state index in [1.54, 1.807) is 0 Å². The molecule has 0 aliphatic rings. The smallest absolute Gasteiger partial charge is 0.119 e. The van der Waals surface area contributed by atoms with Gasteiger partial charge in [0.2, 0.25) is 0 Å². The van der Waals surface area contributed by atoms with E-state index in [4.69, 9.17) is 4.74 Å². The van der Waals surface area contributed by atoms with Gasteiger partial charge < -0.3 is 10.1 Å². The van der Waals surface area contributed by atoms with Crippen molar-refractivity contribution in [1.29, 1.82) is 0 Å². The van der Waals surface area contributed by atoms with Gasteiger partial charge in [0, 0.05) is 0 Å². The molecule has 0 amide bonds. The first-order valence-corrected chi connectivity index (χ1v) is 5.79. The number of likely N-dealkylation sites (N-methyl/N-ethyl adjacent to an activating group) is 1.